The van der Waals surface area contributed by atoms with E-state index in [0.717, 1.165) is 29.6 Å². The van der Waals surface area contributed by atoms with Crippen LogP contribution in [-0.2, 0) is 28.4 Å². The first kappa shape index (κ1) is 34.6. The standard InChI is InChI=1S/C34H36F6N2O4/c1-4-28-18-29(41(31(43)45-3)20-25-14-26(33(35,36)37)17-27(15-25)34(38,39)40)19-30(16-23-10-6-5-7-11-23)42(28)32(44)46-21-24-12-8-9-22(2)13-24/h5-12,14-17,22,28-29H,4,13,18-21H2,1-3H3/b30-16+/t22?,28-,29+/m1/s1. The highest BCUT2D eigenvalue weighted by Gasteiger charge is 2.41. The number of likely N-dealkylation sites (tertiary alicyclic amines) is 1. The number of amides is 2. The summed E-state index contributed by atoms with van der Waals surface area (Å²) in [7, 11) is 1.09. The highest BCUT2D eigenvalue weighted by atomic mass is 19.4. The van der Waals surface area contributed by atoms with Crippen LogP contribution in [0.15, 0.2) is 78.0 Å². The number of methoxy groups -OCH3 is 1. The van der Waals surface area contributed by atoms with Gasteiger partial charge in [0.2, 0.25) is 0 Å². The lowest BCUT2D eigenvalue weighted by Crippen LogP contribution is -2.52. The van der Waals surface area contributed by atoms with Gasteiger partial charge in [0, 0.05) is 30.7 Å². The Hall–Kier alpha value is -4.22. The number of halogens is 6. The third-order valence-corrected chi connectivity index (χ3v) is 8.05. The van der Waals surface area contributed by atoms with Crippen LogP contribution < -0.4 is 0 Å². The van der Waals surface area contributed by atoms with Gasteiger partial charge in [-0.15, -0.1) is 0 Å². The van der Waals surface area contributed by atoms with Gasteiger partial charge in [0.15, 0.2) is 0 Å². The summed E-state index contributed by atoms with van der Waals surface area (Å²) in [5.41, 5.74) is -1.13. The van der Waals surface area contributed by atoms with Crippen LogP contribution in [-0.4, -0.2) is 47.8 Å². The SMILES string of the molecule is CC[C@@H]1C[C@H](N(Cc2cc(C(F)(F)F)cc(C(F)(F)F)c2)C(=O)OC)C/C(=C\c2ccccc2)N1C(=O)OCC1=CC=CC(C)C1. The Kier molecular flexibility index (Phi) is 10.9. The van der Waals surface area contributed by atoms with Crippen molar-refractivity contribution in [3.63, 3.8) is 0 Å². The second-order valence-electron chi connectivity index (χ2n) is 11.5. The number of benzene rings is 2. The van der Waals surface area contributed by atoms with E-state index >= 15 is 0 Å². The van der Waals surface area contributed by atoms with Crippen LogP contribution in [0.5, 0.6) is 0 Å². The van der Waals surface area contributed by atoms with E-state index in [1.54, 1.807) is 6.08 Å². The molecule has 6 nitrogen and oxygen atoms in total. The van der Waals surface area contributed by atoms with Crippen molar-refractivity contribution in [3.05, 3.63) is 100 Å². The molecule has 0 saturated carbocycles. The number of hydrogen-bond acceptors (Lipinski definition) is 4. The van der Waals surface area contributed by atoms with E-state index in [1.807, 2.05) is 49.4 Å². The first-order valence-electron chi connectivity index (χ1n) is 14.9. The van der Waals surface area contributed by atoms with Crippen LogP contribution in [0.25, 0.3) is 6.08 Å². The molecule has 248 valence electrons. The number of alkyl halides is 6. The lowest BCUT2D eigenvalue weighted by atomic mass is 9.90. The van der Waals surface area contributed by atoms with E-state index in [4.69, 9.17) is 9.47 Å². The summed E-state index contributed by atoms with van der Waals surface area (Å²) >= 11 is 0. The predicted octanol–water partition coefficient (Wildman–Crippen LogP) is 9.24. The van der Waals surface area contributed by atoms with Crippen molar-refractivity contribution >= 4 is 18.3 Å². The normalized spacial score (nSPS) is 21.2. The molecule has 1 aliphatic heterocycles. The minimum Gasteiger partial charge on any atom is -0.453 e. The molecule has 0 radical (unpaired) electrons. The molecule has 12 heteroatoms. The third kappa shape index (κ3) is 8.73. The molecule has 1 aliphatic carbocycles. The molecular formula is C34H36F6N2O4. The molecule has 0 spiro atoms. The van der Waals surface area contributed by atoms with Gasteiger partial charge in [0.25, 0.3) is 0 Å². The van der Waals surface area contributed by atoms with Crippen LogP contribution in [0.2, 0.25) is 0 Å². The van der Waals surface area contributed by atoms with Crippen LogP contribution in [0.3, 0.4) is 0 Å². The van der Waals surface area contributed by atoms with Crippen LogP contribution in [0.1, 0.15) is 61.8 Å². The summed E-state index contributed by atoms with van der Waals surface area (Å²) in [6, 6.07) is 9.10. The van der Waals surface area contributed by atoms with E-state index in [-0.39, 0.29) is 31.1 Å². The molecule has 2 aromatic carbocycles. The lowest BCUT2D eigenvalue weighted by Gasteiger charge is -2.44. The molecular weight excluding hydrogens is 614 g/mol. The monoisotopic (exact) mass is 650 g/mol. The number of piperidine rings is 1. The molecule has 2 aromatic rings. The quantitative estimate of drug-likeness (QED) is 0.281. The second-order valence-corrected chi connectivity index (χ2v) is 11.5. The lowest BCUT2D eigenvalue weighted by molar-refractivity contribution is -0.143. The minimum atomic E-state index is -5.04. The van der Waals surface area contributed by atoms with Gasteiger partial charge >= 0.3 is 24.5 Å². The summed E-state index contributed by atoms with van der Waals surface area (Å²) < 4.78 is 92.2. The smallest absolute Gasteiger partial charge is 0.416 e. The van der Waals surface area contributed by atoms with Gasteiger partial charge in [-0.05, 0) is 66.2 Å². The van der Waals surface area contributed by atoms with E-state index < -0.39 is 54.3 Å². The molecule has 0 N–H and O–H groups in total. The Balaban J connectivity index is 1.69. The third-order valence-electron chi connectivity index (χ3n) is 8.05. The van der Waals surface area contributed by atoms with Crippen molar-refractivity contribution in [2.75, 3.05) is 13.7 Å². The fourth-order valence-corrected chi connectivity index (χ4v) is 5.83. The molecule has 1 heterocycles. The number of ether oxygens (including phenoxy) is 2. The minimum absolute atomic E-state index is 0.0458. The molecule has 1 unspecified atom stereocenters. The first-order chi connectivity index (χ1) is 21.7. The Bertz CT molecular complexity index is 1450. The molecule has 0 bridgehead atoms. The molecule has 3 atom stereocenters. The summed E-state index contributed by atoms with van der Waals surface area (Å²) in [6.07, 6.45) is -2.54. The Morgan fingerprint density at radius 2 is 1.65 bits per heavy atom. The van der Waals surface area contributed by atoms with Crippen LogP contribution >= 0.6 is 0 Å². The zero-order chi connectivity index (χ0) is 33.6. The average molecular weight is 651 g/mol. The van der Waals surface area contributed by atoms with Crippen molar-refractivity contribution < 1.29 is 45.4 Å². The van der Waals surface area contributed by atoms with Crippen molar-refractivity contribution in [1.82, 2.24) is 9.80 Å². The van der Waals surface area contributed by atoms with Gasteiger partial charge in [-0.2, -0.15) is 26.3 Å². The topological polar surface area (TPSA) is 59.1 Å². The maximum absolute atomic E-state index is 13.6. The zero-order valence-corrected chi connectivity index (χ0v) is 25.7. The maximum atomic E-state index is 13.6. The number of carbonyl (C=O) groups is 2. The van der Waals surface area contributed by atoms with Crippen molar-refractivity contribution in [2.24, 2.45) is 5.92 Å². The number of rotatable bonds is 7. The number of hydrogen-bond donors (Lipinski definition) is 0. The Morgan fingerprint density at radius 3 is 2.22 bits per heavy atom. The molecule has 2 aliphatic rings. The summed E-state index contributed by atoms with van der Waals surface area (Å²) in [5, 5.41) is 0. The Morgan fingerprint density at radius 1 is 1.00 bits per heavy atom. The molecule has 2 amide bonds. The van der Waals surface area contributed by atoms with Gasteiger partial charge in [-0.3, -0.25) is 4.90 Å². The first-order valence-corrected chi connectivity index (χ1v) is 14.9. The summed E-state index contributed by atoms with van der Waals surface area (Å²) in [5.74, 6) is 0.305. The van der Waals surface area contributed by atoms with Crippen LogP contribution in [0.4, 0.5) is 35.9 Å². The second kappa shape index (κ2) is 14.5. The van der Waals surface area contributed by atoms with Gasteiger partial charge in [-0.1, -0.05) is 62.4 Å². The van der Waals surface area contributed by atoms with Gasteiger partial charge < -0.3 is 14.4 Å². The van der Waals surface area contributed by atoms with E-state index in [1.165, 1.54) is 4.90 Å². The van der Waals surface area contributed by atoms with Crippen LogP contribution in [0, 0.1) is 5.92 Å². The molecule has 4 rings (SSSR count). The highest BCUT2D eigenvalue weighted by Crippen LogP contribution is 2.38. The average Bonchev–Trinajstić information content (AvgIpc) is 3.01. The highest BCUT2D eigenvalue weighted by molar-refractivity contribution is 5.74. The van der Waals surface area contributed by atoms with Gasteiger partial charge in [0.1, 0.15) is 6.61 Å². The van der Waals surface area contributed by atoms with E-state index in [9.17, 15) is 35.9 Å². The number of nitrogens with zero attached hydrogens (tertiary/aromatic N) is 2. The molecule has 0 aromatic heterocycles. The Labute approximate surface area is 263 Å². The summed E-state index contributed by atoms with van der Waals surface area (Å²) in [4.78, 5) is 29.4. The number of allylic oxidation sites excluding steroid dienone is 3. The van der Waals surface area contributed by atoms with E-state index in [2.05, 4.69) is 13.0 Å². The molecule has 46 heavy (non-hydrogen) atoms. The number of carbonyl (C=O) groups excluding carboxylic acids is 2. The zero-order valence-electron chi connectivity index (χ0n) is 25.7. The van der Waals surface area contributed by atoms with Gasteiger partial charge in [-0.25, -0.2) is 9.59 Å². The van der Waals surface area contributed by atoms with Crippen molar-refractivity contribution in [1.29, 1.82) is 0 Å². The van der Waals surface area contributed by atoms with Crippen molar-refractivity contribution in [2.45, 2.75) is 70.5 Å². The summed E-state index contributed by atoms with van der Waals surface area (Å²) in [6.45, 7) is 3.41. The van der Waals surface area contributed by atoms with Gasteiger partial charge in [0.05, 0.1) is 18.2 Å². The predicted molar refractivity (Wildman–Crippen MR) is 160 cm³/mol. The van der Waals surface area contributed by atoms with Crippen molar-refractivity contribution in [3.8, 4) is 0 Å². The molecule has 1 fully saturated rings. The maximum Gasteiger partial charge on any atom is 0.416 e. The fraction of sp³-hybridized carbons (Fsp3) is 0.412. The molecule has 1 saturated heterocycles. The largest absolute Gasteiger partial charge is 0.453 e. The van der Waals surface area contributed by atoms with E-state index in [0.29, 0.717) is 30.2 Å². The fourth-order valence-electron chi connectivity index (χ4n) is 5.83.